The zero-order valence-electron chi connectivity index (χ0n) is 11.1. The molecule has 0 rings (SSSR count). The fraction of sp³-hybridized carbons (Fsp3) is 0.923. The minimum Gasteiger partial charge on any atom is -0.393 e. The monoisotopic (exact) mass is 245 g/mol. The van der Waals surface area contributed by atoms with Crippen molar-refractivity contribution in [1.82, 2.24) is 0 Å². The van der Waals surface area contributed by atoms with Crippen molar-refractivity contribution in [3.8, 4) is 0 Å². The molecule has 0 aromatic carbocycles. The highest BCUT2D eigenvalue weighted by atomic mass is 32.1. The van der Waals surface area contributed by atoms with Crippen LogP contribution >= 0.6 is 12.2 Å². The zero-order valence-corrected chi connectivity index (χ0v) is 11.9. The maximum Gasteiger partial charge on any atom is 0.0785 e. The van der Waals surface area contributed by atoms with Crippen molar-refractivity contribution in [2.75, 3.05) is 13.2 Å². The minimum absolute atomic E-state index is 0.0719. The molecular weight excluding hydrogens is 218 g/mol. The normalized spacial score (nSPS) is 11.7. The molecule has 0 aliphatic carbocycles. The Bertz CT molecular complexity index is 192. The lowest BCUT2D eigenvalue weighted by atomic mass is 9.90. The molecule has 2 N–H and O–H groups in total. The fourth-order valence-corrected chi connectivity index (χ4v) is 1.46. The second-order valence-electron chi connectivity index (χ2n) is 5.02. The molecule has 16 heavy (non-hydrogen) atoms. The van der Waals surface area contributed by atoms with Crippen molar-refractivity contribution in [2.45, 2.75) is 59.3 Å². The van der Waals surface area contributed by atoms with Crippen LogP contribution in [0.4, 0.5) is 0 Å². The standard InChI is InChI=1S/C13H27NOS/c1-4-5-6-7-8-10-15-11-9-13(2,3)12(14)16/h4-11H2,1-3H3,(H2,14,16). The van der Waals surface area contributed by atoms with E-state index in [1.165, 1.54) is 32.1 Å². The SMILES string of the molecule is CCCCCCCOCCC(C)(C)C(N)=S. The van der Waals surface area contributed by atoms with Gasteiger partial charge in [-0.05, 0) is 12.8 Å². The van der Waals surface area contributed by atoms with Gasteiger partial charge in [0.2, 0.25) is 0 Å². The van der Waals surface area contributed by atoms with E-state index < -0.39 is 0 Å². The fourth-order valence-electron chi connectivity index (χ4n) is 1.36. The lowest BCUT2D eigenvalue weighted by Crippen LogP contribution is -2.30. The lowest BCUT2D eigenvalue weighted by molar-refractivity contribution is 0.113. The quantitative estimate of drug-likeness (QED) is 0.471. The maximum absolute atomic E-state index is 5.64. The molecule has 0 amide bonds. The second-order valence-corrected chi connectivity index (χ2v) is 5.46. The van der Waals surface area contributed by atoms with E-state index in [9.17, 15) is 0 Å². The lowest BCUT2D eigenvalue weighted by Gasteiger charge is -2.22. The van der Waals surface area contributed by atoms with Gasteiger partial charge in [0.15, 0.2) is 0 Å². The number of hydrogen-bond acceptors (Lipinski definition) is 2. The third kappa shape index (κ3) is 8.05. The van der Waals surface area contributed by atoms with E-state index in [-0.39, 0.29) is 5.41 Å². The van der Waals surface area contributed by atoms with E-state index in [1.54, 1.807) is 0 Å². The summed E-state index contributed by atoms with van der Waals surface area (Å²) in [5.74, 6) is 0. The van der Waals surface area contributed by atoms with E-state index in [2.05, 4.69) is 20.8 Å². The summed E-state index contributed by atoms with van der Waals surface area (Å²) < 4.78 is 5.58. The van der Waals surface area contributed by atoms with Crippen molar-refractivity contribution in [1.29, 1.82) is 0 Å². The van der Waals surface area contributed by atoms with Gasteiger partial charge in [-0.25, -0.2) is 0 Å². The van der Waals surface area contributed by atoms with Gasteiger partial charge in [0.1, 0.15) is 0 Å². The Hall–Kier alpha value is -0.150. The molecule has 0 spiro atoms. The van der Waals surface area contributed by atoms with E-state index in [1.807, 2.05) is 0 Å². The van der Waals surface area contributed by atoms with E-state index >= 15 is 0 Å². The van der Waals surface area contributed by atoms with Crippen LogP contribution in [0.15, 0.2) is 0 Å². The topological polar surface area (TPSA) is 35.2 Å². The first kappa shape index (κ1) is 15.9. The summed E-state index contributed by atoms with van der Waals surface area (Å²) in [5.41, 5.74) is 5.57. The van der Waals surface area contributed by atoms with Crippen molar-refractivity contribution in [2.24, 2.45) is 11.1 Å². The molecule has 0 unspecified atom stereocenters. The molecule has 0 aliphatic heterocycles. The van der Waals surface area contributed by atoms with Crippen molar-refractivity contribution in [3.63, 3.8) is 0 Å². The van der Waals surface area contributed by atoms with E-state index in [0.717, 1.165) is 19.6 Å². The van der Waals surface area contributed by atoms with Gasteiger partial charge in [0.05, 0.1) is 4.99 Å². The summed E-state index contributed by atoms with van der Waals surface area (Å²) in [4.78, 5) is 0.582. The summed E-state index contributed by atoms with van der Waals surface area (Å²) >= 11 is 5.00. The average Bonchev–Trinajstić information content (AvgIpc) is 2.21. The Kier molecular flexibility index (Phi) is 8.86. The molecule has 0 atom stereocenters. The zero-order chi connectivity index (χ0) is 12.4. The van der Waals surface area contributed by atoms with Crippen LogP contribution in [0.1, 0.15) is 59.3 Å². The van der Waals surface area contributed by atoms with Gasteiger partial charge < -0.3 is 10.5 Å². The van der Waals surface area contributed by atoms with Crippen LogP contribution in [0.3, 0.4) is 0 Å². The first-order valence-electron chi connectivity index (χ1n) is 6.38. The summed E-state index contributed by atoms with van der Waals surface area (Å²) in [6.07, 6.45) is 7.34. The molecular formula is C13H27NOS. The van der Waals surface area contributed by atoms with E-state index in [0.29, 0.717) is 4.99 Å². The van der Waals surface area contributed by atoms with Crippen LogP contribution < -0.4 is 5.73 Å². The molecule has 0 saturated carbocycles. The number of nitrogens with two attached hydrogens (primary N) is 1. The highest BCUT2D eigenvalue weighted by Crippen LogP contribution is 2.20. The molecule has 0 bridgehead atoms. The molecule has 2 nitrogen and oxygen atoms in total. The number of thiocarbonyl (C=S) groups is 1. The molecule has 0 aromatic heterocycles. The first-order chi connectivity index (χ1) is 7.50. The van der Waals surface area contributed by atoms with Crippen LogP contribution in [0.2, 0.25) is 0 Å². The van der Waals surface area contributed by atoms with Gasteiger partial charge in [-0.15, -0.1) is 0 Å². The summed E-state index contributed by atoms with van der Waals surface area (Å²) in [6, 6.07) is 0. The predicted octanol–water partition coefficient (Wildman–Crippen LogP) is 3.68. The Morgan fingerprint density at radius 2 is 1.75 bits per heavy atom. The maximum atomic E-state index is 5.64. The van der Waals surface area contributed by atoms with Crippen LogP contribution in [0.25, 0.3) is 0 Å². The molecule has 0 aliphatic rings. The number of unbranched alkanes of at least 4 members (excludes halogenated alkanes) is 4. The Labute approximate surface area is 106 Å². The third-order valence-corrected chi connectivity index (χ3v) is 3.48. The highest BCUT2D eigenvalue weighted by Gasteiger charge is 2.20. The Balaban J connectivity index is 3.30. The Morgan fingerprint density at radius 3 is 2.31 bits per heavy atom. The minimum atomic E-state index is -0.0719. The predicted molar refractivity (Wildman–Crippen MR) is 74.8 cm³/mol. The van der Waals surface area contributed by atoms with Gasteiger partial charge in [0, 0.05) is 18.6 Å². The molecule has 0 fully saturated rings. The highest BCUT2D eigenvalue weighted by molar-refractivity contribution is 7.80. The largest absolute Gasteiger partial charge is 0.393 e. The molecule has 3 heteroatoms. The number of rotatable bonds is 10. The van der Waals surface area contributed by atoms with Crippen LogP contribution in [0, 0.1) is 5.41 Å². The van der Waals surface area contributed by atoms with Crippen LogP contribution in [-0.2, 0) is 4.74 Å². The first-order valence-corrected chi connectivity index (χ1v) is 6.79. The van der Waals surface area contributed by atoms with Gasteiger partial charge in [-0.1, -0.05) is 58.7 Å². The van der Waals surface area contributed by atoms with Crippen molar-refractivity contribution < 1.29 is 4.74 Å². The third-order valence-electron chi connectivity index (χ3n) is 2.93. The van der Waals surface area contributed by atoms with Crippen LogP contribution in [-0.4, -0.2) is 18.2 Å². The van der Waals surface area contributed by atoms with Gasteiger partial charge in [-0.3, -0.25) is 0 Å². The summed E-state index contributed by atoms with van der Waals surface area (Å²) in [5, 5.41) is 0. The number of ether oxygens (including phenoxy) is 1. The van der Waals surface area contributed by atoms with Gasteiger partial charge >= 0.3 is 0 Å². The van der Waals surface area contributed by atoms with Crippen LogP contribution in [0.5, 0.6) is 0 Å². The Morgan fingerprint density at radius 1 is 1.12 bits per heavy atom. The van der Waals surface area contributed by atoms with E-state index in [4.69, 9.17) is 22.7 Å². The molecule has 0 saturated heterocycles. The number of hydrogen-bond donors (Lipinski definition) is 1. The van der Waals surface area contributed by atoms with Crippen molar-refractivity contribution in [3.05, 3.63) is 0 Å². The molecule has 0 radical (unpaired) electrons. The molecule has 96 valence electrons. The van der Waals surface area contributed by atoms with Gasteiger partial charge in [0.25, 0.3) is 0 Å². The molecule has 0 aromatic rings. The second kappa shape index (κ2) is 8.94. The smallest absolute Gasteiger partial charge is 0.0785 e. The summed E-state index contributed by atoms with van der Waals surface area (Å²) in [7, 11) is 0. The van der Waals surface area contributed by atoms with Gasteiger partial charge in [-0.2, -0.15) is 0 Å². The molecule has 0 heterocycles. The van der Waals surface area contributed by atoms with Crippen molar-refractivity contribution >= 4 is 17.2 Å². The average molecular weight is 245 g/mol. The summed E-state index contributed by atoms with van der Waals surface area (Å²) in [6.45, 7) is 8.00.